The van der Waals surface area contributed by atoms with Crippen LogP contribution in [0, 0.1) is 0 Å². The van der Waals surface area contributed by atoms with Crippen molar-refractivity contribution in [1.29, 1.82) is 0 Å². The highest BCUT2D eigenvalue weighted by molar-refractivity contribution is 7.89. The van der Waals surface area contributed by atoms with Crippen molar-refractivity contribution < 1.29 is 36.3 Å². The number of nitrogens with two attached hydrogens (primary N) is 1. The number of rotatable bonds is 7. The summed E-state index contributed by atoms with van der Waals surface area (Å²) in [6, 6.07) is 10.2. The minimum atomic E-state index is -3.87. The Morgan fingerprint density at radius 1 is 1.07 bits per heavy atom. The number of hydrogen-bond acceptors (Lipinski definition) is 6. The van der Waals surface area contributed by atoms with Crippen LogP contribution >= 0.6 is 0 Å². The zero-order valence-electron chi connectivity index (χ0n) is 14.5. The maximum Gasteiger partial charge on any atom is 0.387 e. The Balaban J connectivity index is 2.03. The molecule has 0 aliphatic carbocycles. The zero-order valence-corrected chi connectivity index (χ0v) is 15.3. The number of alkyl halides is 2. The van der Waals surface area contributed by atoms with Gasteiger partial charge in [0, 0.05) is 5.69 Å². The lowest BCUT2D eigenvalue weighted by Crippen LogP contribution is -2.30. The number of halogens is 2. The number of hydrogen-bond donors (Lipinski definition) is 2. The van der Waals surface area contributed by atoms with Crippen molar-refractivity contribution >= 4 is 27.6 Å². The molecule has 0 aromatic heterocycles. The average molecular weight is 414 g/mol. The minimum absolute atomic E-state index is 0.138. The molecule has 11 heteroatoms. The van der Waals surface area contributed by atoms with E-state index >= 15 is 0 Å². The second kappa shape index (κ2) is 8.76. The first-order chi connectivity index (χ1) is 13.1. The molecule has 1 amide bonds. The number of sulfonamides is 1. The van der Waals surface area contributed by atoms with Crippen LogP contribution in [0.3, 0.4) is 0 Å². The highest BCUT2D eigenvalue weighted by atomic mass is 32.2. The van der Waals surface area contributed by atoms with Crippen LogP contribution in [0.4, 0.5) is 14.5 Å². The zero-order chi connectivity index (χ0) is 20.9. The third kappa shape index (κ3) is 5.72. The van der Waals surface area contributed by atoms with Crippen molar-refractivity contribution in [3.05, 3.63) is 54.1 Å². The topological polar surface area (TPSA) is 125 Å². The molecule has 8 nitrogen and oxygen atoms in total. The van der Waals surface area contributed by atoms with Gasteiger partial charge in [-0.3, -0.25) is 4.79 Å². The molecule has 0 aliphatic rings. The van der Waals surface area contributed by atoms with Crippen LogP contribution in [0.2, 0.25) is 0 Å². The molecule has 2 aromatic rings. The lowest BCUT2D eigenvalue weighted by atomic mass is 10.2. The number of nitrogens with one attached hydrogen (secondary N) is 1. The van der Waals surface area contributed by atoms with E-state index in [1.807, 2.05) is 0 Å². The van der Waals surface area contributed by atoms with Crippen LogP contribution in [0.25, 0.3) is 0 Å². The molecule has 0 saturated heterocycles. The number of carbonyl (C=O) groups is 2. The van der Waals surface area contributed by atoms with Crippen molar-refractivity contribution in [2.24, 2.45) is 5.14 Å². The first kappa shape index (κ1) is 21.3. The molecule has 0 aliphatic heterocycles. The molecule has 28 heavy (non-hydrogen) atoms. The van der Waals surface area contributed by atoms with Crippen molar-refractivity contribution in [2.45, 2.75) is 24.5 Å². The third-order valence-corrected chi connectivity index (χ3v) is 4.36. The fourth-order valence-corrected chi connectivity index (χ4v) is 2.60. The lowest BCUT2D eigenvalue weighted by Gasteiger charge is -2.15. The van der Waals surface area contributed by atoms with E-state index in [1.54, 1.807) is 0 Å². The van der Waals surface area contributed by atoms with E-state index in [9.17, 15) is 26.8 Å². The Bertz CT molecular complexity index is 964. The molecule has 3 N–H and O–H groups in total. The molecule has 0 radical (unpaired) electrons. The van der Waals surface area contributed by atoms with Gasteiger partial charge in [0.1, 0.15) is 11.3 Å². The maximum absolute atomic E-state index is 12.4. The SMILES string of the molecule is C[C@H](OC(=O)c1ccccc1OC(F)F)C(=O)Nc1ccc(S(N)(=O)=O)cc1. The smallest absolute Gasteiger partial charge is 0.387 e. The Kier molecular flexibility index (Phi) is 6.65. The molecule has 1 atom stereocenters. The fourth-order valence-electron chi connectivity index (χ4n) is 2.08. The van der Waals surface area contributed by atoms with Gasteiger partial charge in [-0.15, -0.1) is 0 Å². The first-order valence-electron chi connectivity index (χ1n) is 7.76. The Hall–Kier alpha value is -3.05. The molecule has 150 valence electrons. The summed E-state index contributed by atoms with van der Waals surface area (Å²) in [7, 11) is -3.87. The van der Waals surface area contributed by atoms with Gasteiger partial charge in [-0.25, -0.2) is 18.4 Å². The van der Waals surface area contributed by atoms with E-state index in [4.69, 9.17) is 9.88 Å². The molecule has 0 fully saturated rings. The predicted octanol–water partition coefficient (Wildman–Crippen LogP) is 2.12. The molecule has 0 heterocycles. The van der Waals surface area contributed by atoms with Gasteiger partial charge >= 0.3 is 12.6 Å². The average Bonchev–Trinajstić information content (AvgIpc) is 2.61. The summed E-state index contributed by atoms with van der Waals surface area (Å²) >= 11 is 0. The molecule has 2 aromatic carbocycles. The van der Waals surface area contributed by atoms with E-state index in [0.717, 1.165) is 0 Å². The Morgan fingerprint density at radius 2 is 1.68 bits per heavy atom. The van der Waals surface area contributed by atoms with Crippen molar-refractivity contribution in [3.63, 3.8) is 0 Å². The molecule has 0 bridgehead atoms. The number of carbonyl (C=O) groups excluding carboxylic acids is 2. The predicted molar refractivity (Wildman–Crippen MR) is 94.4 cm³/mol. The van der Waals surface area contributed by atoms with E-state index in [0.29, 0.717) is 0 Å². The summed E-state index contributed by atoms with van der Waals surface area (Å²) in [5.41, 5.74) is -0.0262. The van der Waals surface area contributed by atoms with E-state index < -0.39 is 34.6 Å². The van der Waals surface area contributed by atoms with Gasteiger partial charge in [-0.1, -0.05) is 12.1 Å². The maximum atomic E-state index is 12.4. The van der Waals surface area contributed by atoms with Gasteiger partial charge in [0.25, 0.3) is 5.91 Å². The van der Waals surface area contributed by atoms with Gasteiger partial charge in [-0.2, -0.15) is 8.78 Å². The van der Waals surface area contributed by atoms with Crippen LogP contribution in [0.1, 0.15) is 17.3 Å². The first-order valence-corrected chi connectivity index (χ1v) is 9.31. The minimum Gasteiger partial charge on any atom is -0.449 e. The quantitative estimate of drug-likeness (QED) is 0.669. The normalized spacial score (nSPS) is 12.3. The Labute approximate surface area is 159 Å². The number of amides is 1. The summed E-state index contributed by atoms with van der Waals surface area (Å²) in [5.74, 6) is -2.12. The van der Waals surface area contributed by atoms with Gasteiger partial charge < -0.3 is 14.8 Å². The summed E-state index contributed by atoms with van der Waals surface area (Å²) in [6.45, 7) is -1.85. The van der Waals surface area contributed by atoms with Crippen LogP contribution in [-0.2, 0) is 19.6 Å². The number of ether oxygens (including phenoxy) is 2. The second-order valence-corrected chi connectivity index (χ2v) is 7.04. The lowest BCUT2D eigenvalue weighted by molar-refractivity contribution is -0.123. The third-order valence-electron chi connectivity index (χ3n) is 3.43. The monoisotopic (exact) mass is 414 g/mol. The van der Waals surface area contributed by atoms with Crippen LogP contribution < -0.4 is 15.2 Å². The summed E-state index contributed by atoms with van der Waals surface area (Å²) in [6.07, 6.45) is -1.27. The van der Waals surface area contributed by atoms with Crippen LogP contribution in [-0.4, -0.2) is 33.0 Å². The number of para-hydroxylation sites is 1. The molecule has 0 unspecified atom stereocenters. The largest absolute Gasteiger partial charge is 0.449 e. The highest BCUT2D eigenvalue weighted by Crippen LogP contribution is 2.22. The van der Waals surface area contributed by atoms with Gasteiger partial charge in [0.15, 0.2) is 6.10 Å². The van der Waals surface area contributed by atoms with Crippen molar-refractivity contribution in [2.75, 3.05) is 5.32 Å². The number of esters is 1. The molecule has 0 saturated carbocycles. The van der Waals surface area contributed by atoms with E-state index in [1.165, 1.54) is 55.5 Å². The van der Waals surface area contributed by atoms with Crippen molar-refractivity contribution in [3.8, 4) is 5.75 Å². The second-order valence-electron chi connectivity index (χ2n) is 5.48. The summed E-state index contributed by atoms with van der Waals surface area (Å²) in [5, 5.41) is 7.40. The van der Waals surface area contributed by atoms with Crippen LogP contribution in [0.15, 0.2) is 53.4 Å². The van der Waals surface area contributed by atoms with Crippen LogP contribution in [0.5, 0.6) is 5.75 Å². The highest BCUT2D eigenvalue weighted by Gasteiger charge is 2.22. The number of benzene rings is 2. The molecule has 0 spiro atoms. The standard InChI is InChI=1S/C17H16F2N2O6S/c1-10(15(22)21-11-6-8-12(9-7-11)28(20,24)25)26-16(23)13-4-2-3-5-14(13)27-17(18)19/h2-10,17H,1H3,(H,21,22)(H2,20,24,25)/t10-/m0/s1. The molecular weight excluding hydrogens is 398 g/mol. The van der Waals surface area contributed by atoms with Gasteiger partial charge in [0.05, 0.1) is 4.90 Å². The number of anilines is 1. The molecular formula is C17H16F2N2O6S. The number of primary sulfonamides is 1. The van der Waals surface area contributed by atoms with Gasteiger partial charge in [-0.05, 0) is 43.3 Å². The Morgan fingerprint density at radius 3 is 2.25 bits per heavy atom. The summed E-state index contributed by atoms with van der Waals surface area (Å²) in [4.78, 5) is 24.2. The fraction of sp³-hybridized carbons (Fsp3) is 0.176. The van der Waals surface area contributed by atoms with Crippen molar-refractivity contribution in [1.82, 2.24) is 0 Å². The van der Waals surface area contributed by atoms with E-state index in [-0.39, 0.29) is 21.9 Å². The van der Waals surface area contributed by atoms with E-state index in [2.05, 4.69) is 10.1 Å². The van der Waals surface area contributed by atoms with Gasteiger partial charge in [0.2, 0.25) is 10.0 Å². The summed E-state index contributed by atoms with van der Waals surface area (Å²) < 4.78 is 56.5. The molecule has 2 rings (SSSR count).